The fourth-order valence-corrected chi connectivity index (χ4v) is 2.19. The molecule has 2 rings (SSSR count). The van der Waals surface area contributed by atoms with Crippen LogP contribution in [-0.4, -0.2) is 29.0 Å². The second kappa shape index (κ2) is 6.74. The summed E-state index contributed by atoms with van der Waals surface area (Å²) < 4.78 is 5.40. The molecule has 3 N–H and O–H groups in total. The Balaban J connectivity index is 1.98. The molecule has 1 heterocycles. The summed E-state index contributed by atoms with van der Waals surface area (Å²) in [5.74, 6) is 0.327. The average Bonchev–Trinajstić information content (AvgIpc) is 2.82. The van der Waals surface area contributed by atoms with Gasteiger partial charge in [0.25, 0.3) is 0 Å². The minimum absolute atomic E-state index is 0.0286. The molecule has 7 nitrogen and oxygen atoms in total. The lowest BCUT2D eigenvalue weighted by Gasteiger charge is -2.27. The van der Waals surface area contributed by atoms with Gasteiger partial charge in [0.05, 0.1) is 0 Å². The number of urea groups is 1. The maximum Gasteiger partial charge on any atom is 0.320 e. The van der Waals surface area contributed by atoms with Crippen molar-refractivity contribution in [2.75, 3.05) is 11.9 Å². The molecule has 0 bridgehead atoms. The van der Waals surface area contributed by atoms with Crippen molar-refractivity contribution in [1.82, 2.24) is 15.6 Å². The quantitative estimate of drug-likeness (QED) is 0.792. The maximum atomic E-state index is 12.3. The normalized spacial score (nSPS) is 12.1. The predicted octanol–water partition coefficient (Wildman–Crippen LogP) is 3.20. The van der Waals surface area contributed by atoms with E-state index in [2.05, 4.69) is 20.9 Å². The summed E-state index contributed by atoms with van der Waals surface area (Å²) in [5, 5.41) is 8.26. The molecule has 25 heavy (non-hydrogen) atoms. The van der Waals surface area contributed by atoms with Crippen LogP contribution in [0.2, 0.25) is 0 Å². The van der Waals surface area contributed by atoms with Gasteiger partial charge in [-0.05, 0) is 37.5 Å². The van der Waals surface area contributed by atoms with Crippen molar-refractivity contribution in [3.8, 4) is 0 Å². The molecule has 0 atom stereocenters. The summed E-state index contributed by atoms with van der Waals surface area (Å²) in [6, 6.07) is 4.72. The molecule has 0 saturated carbocycles. The zero-order valence-electron chi connectivity index (χ0n) is 15.6. The SMILES string of the molecule is Cc1nc2cc(NC(=O)NC(C)(C)C(=O)NCC(C)(C)C)ccc2o1. The molecule has 0 fully saturated rings. The van der Waals surface area contributed by atoms with E-state index in [1.165, 1.54) is 0 Å². The van der Waals surface area contributed by atoms with Gasteiger partial charge in [-0.1, -0.05) is 20.8 Å². The molecule has 1 aromatic heterocycles. The zero-order valence-corrected chi connectivity index (χ0v) is 15.6. The molecule has 7 heteroatoms. The lowest BCUT2D eigenvalue weighted by Crippen LogP contribution is -2.56. The predicted molar refractivity (Wildman–Crippen MR) is 97.4 cm³/mol. The van der Waals surface area contributed by atoms with Gasteiger partial charge in [-0.25, -0.2) is 9.78 Å². The summed E-state index contributed by atoms with van der Waals surface area (Å²) in [6.07, 6.45) is 0. The number of fused-ring (bicyclic) bond motifs is 1. The standard InChI is InChI=1S/C18H26N4O3/c1-11-20-13-9-12(7-8-14(13)25-11)21-16(24)22-18(5,6)15(23)19-10-17(2,3)4/h7-9H,10H2,1-6H3,(H,19,23)(H2,21,22,24). The van der Waals surface area contributed by atoms with Crippen molar-refractivity contribution < 1.29 is 14.0 Å². The minimum Gasteiger partial charge on any atom is -0.441 e. The van der Waals surface area contributed by atoms with Gasteiger partial charge >= 0.3 is 6.03 Å². The van der Waals surface area contributed by atoms with Gasteiger partial charge in [-0.3, -0.25) is 4.79 Å². The van der Waals surface area contributed by atoms with Crippen molar-refractivity contribution >= 4 is 28.7 Å². The van der Waals surface area contributed by atoms with E-state index in [1.54, 1.807) is 39.0 Å². The number of aryl methyl sites for hydroxylation is 1. The summed E-state index contributed by atoms with van der Waals surface area (Å²) >= 11 is 0. The van der Waals surface area contributed by atoms with E-state index in [9.17, 15) is 9.59 Å². The van der Waals surface area contributed by atoms with Crippen LogP contribution in [0.3, 0.4) is 0 Å². The molecule has 2 aromatic rings. The van der Waals surface area contributed by atoms with Crippen molar-refractivity contribution in [3.05, 3.63) is 24.1 Å². The van der Waals surface area contributed by atoms with Gasteiger partial charge in [0, 0.05) is 19.2 Å². The van der Waals surface area contributed by atoms with Crippen LogP contribution in [0.5, 0.6) is 0 Å². The van der Waals surface area contributed by atoms with Crippen molar-refractivity contribution in [2.45, 2.75) is 47.1 Å². The van der Waals surface area contributed by atoms with Crippen LogP contribution in [0.15, 0.2) is 22.6 Å². The molecule has 0 unspecified atom stereocenters. The third-order valence-corrected chi connectivity index (χ3v) is 3.53. The van der Waals surface area contributed by atoms with E-state index in [0.717, 1.165) is 0 Å². The highest BCUT2D eigenvalue weighted by Gasteiger charge is 2.30. The van der Waals surface area contributed by atoms with Crippen LogP contribution in [0.25, 0.3) is 11.1 Å². The Morgan fingerprint density at radius 1 is 1.16 bits per heavy atom. The average molecular weight is 346 g/mol. The Kier molecular flexibility index (Phi) is 5.06. The third kappa shape index (κ3) is 5.20. The van der Waals surface area contributed by atoms with Gasteiger partial charge in [-0.2, -0.15) is 0 Å². The number of amides is 3. The zero-order chi connectivity index (χ0) is 18.8. The van der Waals surface area contributed by atoms with Gasteiger partial charge in [0.15, 0.2) is 11.5 Å². The van der Waals surface area contributed by atoms with Gasteiger partial charge in [-0.15, -0.1) is 0 Å². The highest BCUT2D eigenvalue weighted by Crippen LogP contribution is 2.19. The molecule has 0 aliphatic heterocycles. The van der Waals surface area contributed by atoms with Crippen molar-refractivity contribution in [1.29, 1.82) is 0 Å². The van der Waals surface area contributed by atoms with Gasteiger partial charge < -0.3 is 20.4 Å². The third-order valence-electron chi connectivity index (χ3n) is 3.53. The number of benzene rings is 1. The van der Waals surface area contributed by atoms with Crippen LogP contribution in [0, 0.1) is 12.3 Å². The topological polar surface area (TPSA) is 96.3 Å². The summed E-state index contributed by atoms with van der Waals surface area (Å²) in [6.45, 7) is 11.7. The van der Waals surface area contributed by atoms with Gasteiger partial charge in [0.1, 0.15) is 11.1 Å². The molecule has 1 aromatic carbocycles. The Morgan fingerprint density at radius 2 is 1.84 bits per heavy atom. The first-order valence-corrected chi connectivity index (χ1v) is 8.21. The van der Waals surface area contributed by atoms with Gasteiger partial charge in [0.2, 0.25) is 5.91 Å². The number of hydrogen-bond donors (Lipinski definition) is 3. The van der Waals surface area contributed by atoms with E-state index >= 15 is 0 Å². The largest absolute Gasteiger partial charge is 0.441 e. The van der Waals surface area contributed by atoms with Crippen LogP contribution < -0.4 is 16.0 Å². The second-order valence-corrected chi connectivity index (χ2v) is 7.86. The summed E-state index contributed by atoms with van der Waals surface area (Å²) in [5.41, 5.74) is 0.829. The Morgan fingerprint density at radius 3 is 2.48 bits per heavy atom. The molecule has 136 valence electrons. The van der Waals surface area contributed by atoms with E-state index in [4.69, 9.17) is 4.42 Å². The molecule has 0 radical (unpaired) electrons. The molecule has 3 amide bonds. The number of hydrogen-bond acceptors (Lipinski definition) is 4. The van der Waals surface area contributed by atoms with E-state index < -0.39 is 11.6 Å². The first-order valence-electron chi connectivity index (χ1n) is 8.21. The number of nitrogens with one attached hydrogen (secondary N) is 3. The first kappa shape index (κ1) is 18.8. The minimum atomic E-state index is -1.04. The maximum absolute atomic E-state index is 12.3. The highest BCUT2D eigenvalue weighted by atomic mass is 16.3. The van der Waals surface area contributed by atoms with Crippen LogP contribution in [0.4, 0.5) is 10.5 Å². The Bertz CT molecular complexity index is 787. The molecule has 0 aliphatic rings. The smallest absolute Gasteiger partial charge is 0.320 e. The lowest BCUT2D eigenvalue weighted by molar-refractivity contribution is -0.126. The van der Waals surface area contributed by atoms with E-state index in [-0.39, 0.29) is 11.3 Å². The number of oxazole rings is 1. The fraction of sp³-hybridized carbons (Fsp3) is 0.500. The number of aromatic nitrogens is 1. The molecular weight excluding hydrogens is 320 g/mol. The molecule has 0 aliphatic carbocycles. The fourth-order valence-electron chi connectivity index (χ4n) is 2.19. The van der Waals surface area contributed by atoms with Crippen molar-refractivity contribution in [3.63, 3.8) is 0 Å². The monoisotopic (exact) mass is 346 g/mol. The Labute approximate surface area is 147 Å². The number of nitrogens with zero attached hydrogens (tertiary/aromatic N) is 1. The highest BCUT2D eigenvalue weighted by molar-refractivity contribution is 5.96. The molecule has 0 saturated heterocycles. The summed E-state index contributed by atoms with van der Waals surface area (Å²) in [4.78, 5) is 28.8. The van der Waals surface area contributed by atoms with Crippen LogP contribution in [0.1, 0.15) is 40.5 Å². The first-order chi connectivity index (χ1) is 11.5. The van der Waals surface area contributed by atoms with Crippen molar-refractivity contribution in [2.24, 2.45) is 5.41 Å². The number of rotatable bonds is 4. The number of carbonyl (C=O) groups is 2. The molecule has 0 spiro atoms. The number of anilines is 1. The van der Waals surface area contributed by atoms with E-state index in [1.807, 2.05) is 20.8 Å². The van der Waals surface area contributed by atoms with E-state index in [0.29, 0.717) is 29.2 Å². The second-order valence-electron chi connectivity index (χ2n) is 7.86. The van der Waals surface area contributed by atoms with Crippen LogP contribution >= 0.6 is 0 Å². The summed E-state index contributed by atoms with van der Waals surface area (Å²) in [7, 11) is 0. The number of carbonyl (C=O) groups excluding carboxylic acids is 2. The Hall–Kier alpha value is -2.57. The van der Waals surface area contributed by atoms with Crippen LogP contribution in [-0.2, 0) is 4.79 Å². The lowest BCUT2D eigenvalue weighted by atomic mass is 9.96. The molecular formula is C18H26N4O3.